The van der Waals surface area contributed by atoms with Crippen molar-refractivity contribution in [3.05, 3.63) is 72.7 Å². The van der Waals surface area contributed by atoms with E-state index in [1.807, 2.05) is 66.5 Å². The Bertz CT molecular complexity index is 901. The molecular weight excluding hydrogens is 356 g/mol. The third kappa shape index (κ3) is 4.97. The second-order valence-electron chi connectivity index (χ2n) is 5.94. The van der Waals surface area contributed by atoms with E-state index in [9.17, 15) is 4.79 Å². The van der Waals surface area contributed by atoms with Crippen molar-refractivity contribution in [1.29, 1.82) is 0 Å². The average Bonchev–Trinajstić information content (AvgIpc) is 2.77. The second kappa shape index (κ2) is 9.36. The van der Waals surface area contributed by atoms with Gasteiger partial charge in [0.1, 0.15) is 35.9 Å². The summed E-state index contributed by atoms with van der Waals surface area (Å²) in [6.45, 7) is 0.707. The van der Waals surface area contributed by atoms with Crippen molar-refractivity contribution in [2.75, 3.05) is 32.2 Å². The molecule has 7 heteroatoms. The third-order valence-electron chi connectivity index (χ3n) is 4.09. The number of aromatic nitrogens is 2. The smallest absolute Gasteiger partial charge is 0.270 e. The largest absolute Gasteiger partial charge is 0.497 e. The molecule has 0 aliphatic heterocycles. The van der Waals surface area contributed by atoms with Crippen molar-refractivity contribution in [1.82, 2.24) is 15.3 Å². The van der Waals surface area contributed by atoms with Crippen LogP contribution in [0.15, 0.2) is 67.0 Å². The molecule has 28 heavy (non-hydrogen) atoms. The number of rotatable bonds is 8. The minimum absolute atomic E-state index is 0.275. The summed E-state index contributed by atoms with van der Waals surface area (Å²) in [5, 5.41) is 2.80. The molecule has 0 atom stereocenters. The molecule has 2 aromatic carbocycles. The molecule has 0 aliphatic carbocycles. The first-order valence-electron chi connectivity index (χ1n) is 8.83. The molecule has 0 fully saturated rings. The minimum atomic E-state index is -0.275. The van der Waals surface area contributed by atoms with E-state index in [0.717, 1.165) is 11.4 Å². The van der Waals surface area contributed by atoms with Crippen LogP contribution in [0.5, 0.6) is 11.5 Å². The molecule has 0 saturated carbocycles. The molecule has 1 aromatic heterocycles. The summed E-state index contributed by atoms with van der Waals surface area (Å²) in [5.41, 5.74) is 1.28. The number of methoxy groups -OCH3 is 1. The molecule has 0 spiro atoms. The lowest BCUT2D eigenvalue weighted by atomic mass is 10.3. The second-order valence-corrected chi connectivity index (χ2v) is 5.94. The maximum absolute atomic E-state index is 12.4. The molecule has 3 aromatic rings. The zero-order valence-corrected chi connectivity index (χ0v) is 15.8. The van der Waals surface area contributed by atoms with Crippen LogP contribution < -0.4 is 19.7 Å². The number of benzene rings is 2. The van der Waals surface area contributed by atoms with E-state index in [2.05, 4.69) is 15.3 Å². The molecule has 144 valence electrons. The molecule has 0 aliphatic rings. The summed E-state index contributed by atoms with van der Waals surface area (Å²) in [4.78, 5) is 22.6. The number of ether oxygens (including phenoxy) is 2. The fraction of sp³-hybridized carbons (Fsp3) is 0.190. The van der Waals surface area contributed by atoms with Crippen molar-refractivity contribution in [2.45, 2.75) is 0 Å². The Morgan fingerprint density at radius 3 is 2.46 bits per heavy atom. The van der Waals surface area contributed by atoms with Crippen LogP contribution in [-0.4, -0.2) is 43.2 Å². The Hall–Kier alpha value is -3.61. The van der Waals surface area contributed by atoms with Crippen LogP contribution in [0.3, 0.4) is 0 Å². The van der Waals surface area contributed by atoms with Crippen molar-refractivity contribution in [3.63, 3.8) is 0 Å². The number of carbonyl (C=O) groups is 1. The Balaban J connectivity index is 1.53. The topological polar surface area (TPSA) is 76.6 Å². The summed E-state index contributed by atoms with van der Waals surface area (Å²) in [5.74, 6) is 1.84. The molecular formula is C21H22N4O3. The quantitative estimate of drug-likeness (QED) is 0.607. The van der Waals surface area contributed by atoms with Crippen molar-refractivity contribution in [3.8, 4) is 11.5 Å². The fourth-order valence-electron chi connectivity index (χ4n) is 2.53. The SMILES string of the molecule is COc1ccc(OCCNC(=O)c2cc(N(C)c3ccccc3)ncn2)cc1. The van der Waals surface area contributed by atoms with E-state index in [4.69, 9.17) is 9.47 Å². The summed E-state index contributed by atoms with van der Waals surface area (Å²) in [6.07, 6.45) is 1.39. The van der Waals surface area contributed by atoms with Crippen LogP contribution in [-0.2, 0) is 0 Å². The van der Waals surface area contributed by atoms with E-state index in [0.29, 0.717) is 30.4 Å². The van der Waals surface area contributed by atoms with Gasteiger partial charge < -0.3 is 19.7 Å². The van der Waals surface area contributed by atoms with Gasteiger partial charge in [-0.2, -0.15) is 0 Å². The number of anilines is 2. The first-order chi connectivity index (χ1) is 13.7. The average molecular weight is 378 g/mol. The number of hydrogen-bond donors (Lipinski definition) is 1. The summed E-state index contributed by atoms with van der Waals surface area (Å²) >= 11 is 0. The molecule has 7 nitrogen and oxygen atoms in total. The van der Waals surface area contributed by atoms with Gasteiger partial charge in [-0.25, -0.2) is 9.97 Å². The van der Waals surface area contributed by atoms with E-state index >= 15 is 0 Å². The van der Waals surface area contributed by atoms with E-state index in [1.54, 1.807) is 13.2 Å². The standard InChI is InChI=1S/C21H22N4O3/c1-25(16-6-4-3-5-7-16)20-14-19(23-15-24-20)21(26)22-12-13-28-18-10-8-17(27-2)9-11-18/h3-11,14-15H,12-13H2,1-2H3,(H,22,26). The Morgan fingerprint density at radius 1 is 1.04 bits per heavy atom. The van der Waals surface area contributed by atoms with Crippen molar-refractivity contribution < 1.29 is 14.3 Å². The highest BCUT2D eigenvalue weighted by Crippen LogP contribution is 2.21. The summed E-state index contributed by atoms with van der Waals surface area (Å²) in [7, 11) is 3.50. The molecule has 0 radical (unpaired) electrons. The Kier molecular flexibility index (Phi) is 6.41. The minimum Gasteiger partial charge on any atom is -0.497 e. The van der Waals surface area contributed by atoms with Crippen molar-refractivity contribution >= 4 is 17.4 Å². The lowest BCUT2D eigenvalue weighted by Crippen LogP contribution is -2.29. The molecule has 3 rings (SSSR count). The van der Waals surface area contributed by atoms with Crippen molar-refractivity contribution in [2.24, 2.45) is 0 Å². The van der Waals surface area contributed by atoms with Gasteiger partial charge >= 0.3 is 0 Å². The van der Waals surface area contributed by atoms with Crippen LogP contribution in [0.25, 0.3) is 0 Å². The highest BCUT2D eigenvalue weighted by Gasteiger charge is 2.11. The molecule has 0 bridgehead atoms. The van der Waals surface area contributed by atoms with Gasteiger partial charge in [0.05, 0.1) is 13.7 Å². The zero-order valence-electron chi connectivity index (χ0n) is 15.8. The van der Waals surface area contributed by atoms with Crippen LogP contribution in [0.2, 0.25) is 0 Å². The van der Waals surface area contributed by atoms with Gasteiger partial charge in [0.25, 0.3) is 5.91 Å². The van der Waals surface area contributed by atoms with Gasteiger partial charge in [-0.05, 0) is 36.4 Å². The molecule has 1 amide bonds. The molecule has 1 heterocycles. The van der Waals surface area contributed by atoms with Crippen LogP contribution in [0.1, 0.15) is 10.5 Å². The van der Waals surface area contributed by atoms with E-state index < -0.39 is 0 Å². The lowest BCUT2D eigenvalue weighted by molar-refractivity contribution is 0.0942. The number of amides is 1. The zero-order chi connectivity index (χ0) is 19.8. The number of nitrogens with one attached hydrogen (secondary N) is 1. The maximum atomic E-state index is 12.4. The number of hydrogen-bond acceptors (Lipinski definition) is 6. The van der Waals surface area contributed by atoms with Crippen LogP contribution in [0, 0.1) is 0 Å². The summed E-state index contributed by atoms with van der Waals surface area (Å²) in [6, 6.07) is 18.7. The first-order valence-corrected chi connectivity index (χ1v) is 8.83. The van der Waals surface area contributed by atoms with Crippen LogP contribution in [0.4, 0.5) is 11.5 Å². The third-order valence-corrected chi connectivity index (χ3v) is 4.09. The molecule has 1 N–H and O–H groups in total. The highest BCUT2D eigenvalue weighted by molar-refractivity contribution is 5.93. The number of nitrogens with zero attached hydrogens (tertiary/aromatic N) is 3. The van der Waals surface area contributed by atoms with E-state index in [1.165, 1.54) is 6.33 Å². The van der Waals surface area contributed by atoms with Gasteiger partial charge in [-0.3, -0.25) is 4.79 Å². The van der Waals surface area contributed by atoms with Gasteiger partial charge in [0.2, 0.25) is 0 Å². The van der Waals surface area contributed by atoms with Gasteiger partial charge in [-0.15, -0.1) is 0 Å². The molecule has 0 unspecified atom stereocenters. The predicted octanol–water partition coefficient (Wildman–Crippen LogP) is 3.06. The number of para-hydroxylation sites is 1. The van der Waals surface area contributed by atoms with Gasteiger partial charge in [0, 0.05) is 18.8 Å². The molecule has 0 saturated heterocycles. The predicted molar refractivity (Wildman–Crippen MR) is 107 cm³/mol. The van der Waals surface area contributed by atoms with Gasteiger partial charge in [0.15, 0.2) is 0 Å². The Labute approximate surface area is 164 Å². The highest BCUT2D eigenvalue weighted by atomic mass is 16.5. The van der Waals surface area contributed by atoms with Gasteiger partial charge in [-0.1, -0.05) is 18.2 Å². The normalized spacial score (nSPS) is 10.2. The Morgan fingerprint density at radius 2 is 1.75 bits per heavy atom. The monoisotopic (exact) mass is 378 g/mol. The number of carbonyl (C=O) groups excluding carboxylic acids is 1. The fourth-order valence-corrected chi connectivity index (χ4v) is 2.53. The van der Waals surface area contributed by atoms with E-state index in [-0.39, 0.29) is 5.91 Å². The lowest BCUT2D eigenvalue weighted by Gasteiger charge is -2.18. The first kappa shape index (κ1) is 19.2. The van der Waals surface area contributed by atoms with Crippen LogP contribution >= 0.6 is 0 Å². The maximum Gasteiger partial charge on any atom is 0.270 e. The summed E-state index contributed by atoms with van der Waals surface area (Å²) < 4.78 is 10.7.